The fraction of sp³-hybridized carbons (Fsp3) is 0.0714. The molecule has 0 heterocycles. The summed E-state index contributed by atoms with van der Waals surface area (Å²) in [5.74, 6) is -1.14. The van der Waals surface area contributed by atoms with Crippen LogP contribution in [0.25, 0.3) is 0 Å². The highest BCUT2D eigenvalue weighted by molar-refractivity contribution is 9.10. The third-order valence-corrected chi connectivity index (χ3v) is 3.59. The standard InChI is InChI=1S/C14H11BrClFN2O/c1-7-4-12(18)10(16)6-13(7)19-14(20)9-5-8(15)2-3-11(9)17/h2-6H,18H2,1H3,(H,19,20). The quantitative estimate of drug-likeness (QED) is 0.783. The number of halogens is 3. The molecule has 1 amide bonds. The van der Waals surface area contributed by atoms with Gasteiger partial charge >= 0.3 is 0 Å². The lowest BCUT2D eigenvalue weighted by Crippen LogP contribution is -2.14. The van der Waals surface area contributed by atoms with Crippen molar-refractivity contribution in [3.8, 4) is 0 Å². The molecular weight excluding hydrogens is 347 g/mol. The average Bonchev–Trinajstić information content (AvgIpc) is 2.38. The van der Waals surface area contributed by atoms with Crippen LogP contribution in [0.2, 0.25) is 5.02 Å². The maximum absolute atomic E-state index is 13.6. The van der Waals surface area contributed by atoms with E-state index in [-0.39, 0.29) is 5.56 Å². The largest absolute Gasteiger partial charge is 0.398 e. The minimum absolute atomic E-state index is 0.0493. The average molecular weight is 358 g/mol. The lowest BCUT2D eigenvalue weighted by molar-refractivity contribution is 0.102. The van der Waals surface area contributed by atoms with Crippen LogP contribution in [0.5, 0.6) is 0 Å². The molecule has 0 aliphatic carbocycles. The summed E-state index contributed by atoms with van der Waals surface area (Å²) in [5, 5.41) is 2.96. The Balaban J connectivity index is 2.32. The van der Waals surface area contributed by atoms with Crippen LogP contribution in [-0.4, -0.2) is 5.91 Å². The van der Waals surface area contributed by atoms with Crippen molar-refractivity contribution in [2.75, 3.05) is 11.1 Å². The number of nitrogens with two attached hydrogens (primary N) is 1. The number of carbonyl (C=O) groups excluding carboxylic acids is 1. The molecule has 0 saturated heterocycles. The van der Waals surface area contributed by atoms with Gasteiger partial charge in [-0.3, -0.25) is 4.79 Å². The van der Waals surface area contributed by atoms with Gasteiger partial charge in [-0.15, -0.1) is 0 Å². The number of carbonyl (C=O) groups is 1. The molecule has 3 nitrogen and oxygen atoms in total. The molecule has 2 rings (SSSR count). The summed E-state index contributed by atoms with van der Waals surface area (Å²) in [7, 11) is 0. The van der Waals surface area contributed by atoms with Crippen molar-refractivity contribution >= 4 is 44.8 Å². The highest BCUT2D eigenvalue weighted by atomic mass is 79.9. The van der Waals surface area contributed by atoms with Crippen molar-refractivity contribution in [2.24, 2.45) is 0 Å². The first-order valence-electron chi connectivity index (χ1n) is 5.70. The molecule has 6 heteroatoms. The Hall–Kier alpha value is -1.59. The van der Waals surface area contributed by atoms with E-state index in [4.69, 9.17) is 17.3 Å². The molecule has 0 bridgehead atoms. The van der Waals surface area contributed by atoms with Crippen molar-refractivity contribution in [1.82, 2.24) is 0 Å². The molecule has 0 radical (unpaired) electrons. The molecule has 0 atom stereocenters. The van der Waals surface area contributed by atoms with Gasteiger partial charge in [0.15, 0.2) is 0 Å². The van der Waals surface area contributed by atoms with Crippen LogP contribution in [0.3, 0.4) is 0 Å². The lowest BCUT2D eigenvalue weighted by atomic mass is 10.1. The predicted octanol–water partition coefficient (Wildman–Crippen LogP) is 4.38. The summed E-state index contributed by atoms with van der Waals surface area (Å²) in [4.78, 5) is 12.1. The molecule has 2 aromatic rings. The zero-order valence-electron chi connectivity index (χ0n) is 10.5. The maximum Gasteiger partial charge on any atom is 0.258 e. The van der Waals surface area contributed by atoms with Crippen LogP contribution >= 0.6 is 27.5 Å². The van der Waals surface area contributed by atoms with Crippen LogP contribution in [-0.2, 0) is 0 Å². The first kappa shape index (κ1) is 14.8. The van der Waals surface area contributed by atoms with Gasteiger partial charge in [-0.25, -0.2) is 4.39 Å². The summed E-state index contributed by atoms with van der Waals surface area (Å²) in [6.07, 6.45) is 0. The third-order valence-electron chi connectivity index (χ3n) is 2.76. The summed E-state index contributed by atoms with van der Waals surface area (Å²) in [5.41, 5.74) is 7.28. The molecule has 0 unspecified atom stereocenters. The Morgan fingerprint density at radius 3 is 2.75 bits per heavy atom. The molecule has 0 aliphatic heterocycles. The number of nitrogen functional groups attached to an aromatic ring is 1. The highest BCUT2D eigenvalue weighted by Gasteiger charge is 2.14. The second-order valence-electron chi connectivity index (χ2n) is 4.27. The third kappa shape index (κ3) is 3.11. The van der Waals surface area contributed by atoms with Crippen molar-refractivity contribution in [3.63, 3.8) is 0 Å². The van der Waals surface area contributed by atoms with E-state index in [1.165, 1.54) is 18.2 Å². The molecule has 0 spiro atoms. The van der Waals surface area contributed by atoms with Crippen molar-refractivity contribution in [3.05, 3.63) is 56.8 Å². The Labute approximate surface area is 129 Å². The predicted molar refractivity (Wildman–Crippen MR) is 82.7 cm³/mol. The Kier molecular flexibility index (Phi) is 4.30. The van der Waals surface area contributed by atoms with Crippen molar-refractivity contribution < 1.29 is 9.18 Å². The van der Waals surface area contributed by atoms with Gasteiger partial charge in [0.25, 0.3) is 5.91 Å². The second-order valence-corrected chi connectivity index (χ2v) is 5.59. The minimum Gasteiger partial charge on any atom is -0.398 e. The van der Waals surface area contributed by atoms with Crippen LogP contribution < -0.4 is 11.1 Å². The molecule has 0 saturated carbocycles. The molecular formula is C14H11BrClFN2O. The lowest BCUT2D eigenvalue weighted by Gasteiger charge is -2.11. The van der Waals surface area contributed by atoms with Gasteiger partial charge in [-0.2, -0.15) is 0 Å². The minimum atomic E-state index is -0.593. The first-order chi connectivity index (χ1) is 9.38. The van der Waals surface area contributed by atoms with Gasteiger partial charge in [0.2, 0.25) is 0 Å². The SMILES string of the molecule is Cc1cc(N)c(Cl)cc1NC(=O)c1cc(Br)ccc1F. The Morgan fingerprint density at radius 2 is 2.05 bits per heavy atom. The number of rotatable bonds is 2. The number of aryl methyl sites for hydroxylation is 1. The van der Waals surface area contributed by atoms with Crippen LogP contribution in [0, 0.1) is 12.7 Å². The van der Waals surface area contributed by atoms with Crippen molar-refractivity contribution in [2.45, 2.75) is 6.92 Å². The number of hydrogen-bond donors (Lipinski definition) is 2. The Bertz CT molecular complexity index is 691. The molecule has 0 aromatic heterocycles. The fourth-order valence-corrected chi connectivity index (χ4v) is 2.22. The van der Waals surface area contributed by atoms with Crippen LogP contribution in [0.4, 0.5) is 15.8 Å². The van der Waals surface area contributed by atoms with Gasteiger partial charge in [-0.05, 0) is 42.8 Å². The van der Waals surface area contributed by atoms with Crippen LogP contribution in [0.15, 0.2) is 34.8 Å². The van der Waals surface area contributed by atoms with E-state index in [1.54, 1.807) is 19.1 Å². The Morgan fingerprint density at radius 1 is 1.35 bits per heavy atom. The number of benzene rings is 2. The first-order valence-corrected chi connectivity index (χ1v) is 6.87. The highest BCUT2D eigenvalue weighted by Crippen LogP contribution is 2.27. The van der Waals surface area contributed by atoms with Crippen molar-refractivity contribution in [1.29, 1.82) is 0 Å². The van der Waals surface area contributed by atoms with E-state index in [1.807, 2.05) is 0 Å². The zero-order chi connectivity index (χ0) is 14.9. The maximum atomic E-state index is 13.6. The second kappa shape index (κ2) is 5.81. The van der Waals surface area contributed by atoms with E-state index < -0.39 is 11.7 Å². The summed E-state index contributed by atoms with van der Waals surface area (Å²) in [6.45, 7) is 1.78. The topological polar surface area (TPSA) is 55.1 Å². The molecule has 104 valence electrons. The smallest absolute Gasteiger partial charge is 0.258 e. The number of anilines is 2. The molecule has 0 aliphatic rings. The molecule has 2 aromatic carbocycles. The number of amides is 1. The molecule has 20 heavy (non-hydrogen) atoms. The van der Waals surface area contributed by atoms with E-state index in [0.717, 1.165) is 5.56 Å². The molecule has 0 fully saturated rings. The zero-order valence-corrected chi connectivity index (χ0v) is 12.8. The monoisotopic (exact) mass is 356 g/mol. The van der Waals surface area contributed by atoms with E-state index in [0.29, 0.717) is 20.9 Å². The van der Waals surface area contributed by atoms with E-state index >= 15 is 0 Å². The van der Waals surface area contributed by atoms with Gasteiger partial charge < -0.3 is 11.1 Å². The summed E-state index contributed by atoms with van der Waals surface area (Å²) >= 11 is 9.12. The normalized spacial score (nSPS) is 10.4. The number of nitrogens with one attached hydrogen (secondary N) is 1. The molecule has 3 N–H and O–H groups in total. The van der Waals surface area contributed by atoms with Gasteiger partial charge in [0, 0.05) is 10.2 Å². The van der Waals surface area contributed by atoms with Crippen LogP contribution in [0.1, 0.15) is 15.9 Å². The van der Waals surface area contributed by atoms with Gasteiger partial charge in [0.05, 0.1) is 16.3 Å². The van der Waals surface area contributed by atoms with E-state index in [9.17, 15) is 9.18 Å². The van der Waals surface area contributed by atoms with Gasteiger partial charge in [0.1, 0.15) is 5.82 Å². The fourth-order valence-electron chi connectivity index (χ4n) is 1.70. The van der Waals surface area contributed by atoms with E-state index in [2.05, 4.69) is 21.2 Å². The number of hydrogen-bond acceptors (Lipinski definition) is 2. The summed E-state index contributed by atoms with van der Waals surface area (Å²) < 4.78 is 14.3. The van der Waals surface area contributed by atoms with Gasteiger partial charge in [-0.1, -0.05) is 27.5 Å². The summed E-state index contributed by atoms with van der Waals surface area (Å²) in [6, 6.07) is 7.35.